The molecule has 1 atom stereocenters. The van der Waals surface area contributed by atoms with Crippen LogP contribution < -0.4 is 5.32 Å². The second-order valence-electron chi connectivity index (χ2n) is 6.52. The molecule has 1 N–H and O–H groups in total. The van der Waals surface area contributed by atoms with E-state index >= 15 is 0 Å². The Morgan fingerprint density at radius 1 is 1.40 bits per heavy atom. The minimum atomic E-state index is 0.255. The molecule has 0 amide bonds. The first kappa shape index (κ1) is 17.6. The fraction of sp³-hybridized carbons (Fsp3) is 0.526. The minimum Gasteiger partial charge on any atom is -0.469 e. The van der Waals surface area contributed by atoms with Crippen LogP contribution in [0.3, 0.4) is 0 Å². The Balaban J connectivity index is 1.59. The Kier molecular flexibility index (Phi) is 6.17. The summed E-state index contributed by atoms with van der Waals surface area (Å²) in [4.78, 5) is 6.96. The summed E-state index contributed by atoms with van der Waals surface area (Å²) >= 11 is 0. The third-order valence-corrected chi connectivity index (χ3v) is 4.52. The first-order chi connectivity index (χ1) is 12.2. The van der Waals surface area contributed by atoms with Crippen LogP contribution in [-0.4, -0.2) is 48.3 Å². The van der Waals surface area contributed by atoms with Gasteiger partial charge >= 0.3 is 0 Å². The lowest BCUT2D eigenvalue weighted by Crippen LogP contribution is -2.40. The molecule has 0 aromatic carbocycles. The van der Waals surface area contributed by atoms with Crippen LogP contribution in [0, 0.1) is 0 Å². The number of furan rings is 1. The summed E-state index contributed by atoms with van der Waals surface area (Å²) < 4.78 is 13.2. The summed E-state index contributed by atoms with van der Waals surface area (Å²) in [5.41, 5.74) is 1.25. The molecule has 136 valence electrons. The van der Waals surface area contributed by atoms with E-state index in [9.17, 15) is 0 Å². The van der Waals surface area contributed by atoms with Gasteiger partial charge in [-0.1, -0.05) is 0 Å². The van der Waals surface area contributed by atoms with E-state index in [0.717, 1.165) is 50.7 Å². The average molecular weight is 344 g/mol. The fourth-order valence-electron chi connectivity index (χ4n) is 3.02. The van der Waals surface area contributed by atoms with Crippen LogP contribution in [0.15, 0.2) is 46.1 Å². The van der Waals surface area contributed by atoms with Crippen LogP contribution in [-0.2, 0) is 24.8 Å². The maximum atomic E-state index is 5.70. The van der Waals surface area contributed by atoms with Gasteiger partial charge in [0.2, 0.25) is 0 Å². The summed E-state index contributed by atoms with van der Waals surface area (Å²) in [6.07, 6.45) is 7.11. The molecule has 1 fully saturated rings. The van der Waals surface area contributed by atoms with E-state index in [0.29, 0.717) is 6.54 Å². The zero-order valence-corrected chi connectivity index (χ0v) is 15.1. The summed E-state index contributed by atoms with van der Waals surface area (Å²) in [6.45, 7) is 3.16. The second-order valence-corrected chi connectivity index (χ2v) is 6.52. The number of hydrogen-bond donors (Lipinski definition) is 1. The highest BCUT2D eigenvalue weighted by Gasteiger charge is 2.16. The van der Waals surface area contributed by atoms with E-state index in [1.54, 1.807) is 6.26 Å². The van der Waals surface area contributed by atoms with Crippen molar-refractivity contribution in [3.8, 4) is 0 Å². The number of nitrogens with zero attached hydrogens (tertiary/aromatic N) is 3. The Labute approximate surface area is 149 Å². The van der Waals surface area contributed by atoms with Crippen LogP contribution in [0.5, 0.6) is 0 Å². The van der Waals surface area contributed by atoms with Gasteiger partial charge in [-0.3, -0.25) is 4.99 Å². The number of guanidine groups is 1. The molecule has 2 aromatic heterocycles. The molecular weight excluding hydrogens is 316 g/mol. The smallest absolute Gasteiger partial charge is 0.194 e. The topological polar surface area (TPSA) is 54.9 Å². The monoisotopic (exact) mass is 344 g/mol. The van der Waals surface area contributed by atoms with Crippen molar-refractivity contribution < 1.29 is 9.15 Å². The van der Waals surface area contributed by atoms with Crippen LogP contribution in [0.25, 0.3) is 0 Å². The van der Waals surface area contributed by atoms with E-state index in [-0.39, 0.29) is 6.10 Å². The van der Waals surface area contributed by atoms with Gasteiger partial charge in [-0.05, 0) is 37.1 Å². The molecule has 6 heteroatoms. The van der Waals surface area contributed by atoms with E-state index in [2.05, 4.69) is 47.2 Å². The van der Waals surface area contributed by atoms with E-state index < -0.39 is 0 Å². The van der Waals surface area contributed by atoms with Crippen LogP contribution >= 0.6 is 0 Å². The van der Waals surface area contributed by atoms with Gasteiger partial charge in [0.25, 0.3) is 0 Å². The third-order valence-electron chi connectivity index (χ3n) is 4.52. The first-order valence-corrected chi connectivity index (χ1v) is 8.96. The molecular formula is C19H28N4O2. The third kappa shape index (κ3) is 5.13. The molecule has 3 rings (SSSR count). The molecule has 0 spiro atoms. The number of ether oxygens (including phenoxy) is 1. The van der Waals surface area contributed by atoms with Crippen LogP contribution in [0.2, 0.25) is 0 Å². The van der Waals surface area contributed by atoms with Gasteiger partial charge < -0.3 is 23.9 Å². The lowest BCUT2D eigenvalue weighted by Gasteiger charge is -2.23. The van der Waals surface area contributed by atoms with Gasteiger partial charge in [-0.25, -0.2) is 0 Å². The maximum absolute atomic E-state index is 5.70. The number of hydrogen-bond acceptors (Lipinski definition) is 3. The highest BCUT2D eigenvalue weighted by molar-refractivity contribution is 5.79. The number of aliphatic imine (C=N–C) groups is 1. The average Bonchev–Trinajstić information content (AvgIpc) is 3.35. The minimum absolute atomic E-state index is 0.255. The lowest BCUT2D eigenvalue weighted by molar-refractivity contribution is 0.117. The molecule has 0 radical (unpaired) electrons. The molecule has 0 bridgehead atoms. The summed E-state index contributed by atoms with van der Waals surface area (Å²) in [6, 6.07) is 8.12. The standard InChI is InChI=1S/C19H28N4O2/c1-22-11-3-6-16(22)15-23(2)19(21-14-18-8-5-13-25-18)20-10-9-17-7-4-12-24-17/h3-4,6-7,11-12,18H,5,8-10,13-15H2,1-2H3,(H,20,21). The summed E-state index contributed by atoms with van der Waals surface area (Å²) in [5, 5.41) is 3.46. The number of nitrogens with one attached hydrogen (secondary N) is 1. The SMILES string of the molecule is CN(Cc1cccn1C)C(=NCC1CCCO1)NCCc1ccco1. The van der Waals surface area contributed by atoms with Crippen LogP contribution in [0.1, 0.15) is 24.3 Å². The molecule has 1 unspecified atom stereocenters. The second kappa shape index (κ2) is 8.76. The quantitative estimate of drug-likeness (QED) is 0.619. The molecule has 6 nitrogen and oxygen atoms in total. The number of aryl methyl sites for hydroxylation is 1. The highest BCUT2D eigenvalue weighted by Crippen LogP contribution is 2.12. The molecule has 0 saturated carbocycles. The normalized spacial score (nSPS) is 17.8. The molecule has 1 aliphatic rings. The van der Waals surface area contributed by atoms with Crippen molar-refractivity contribution in [3.63, 3.8) is 0 Å². The number of rotatable bonds is 7. The molecule has 2 aromatic rings. The van der Waals surface area contributed by atoms with Crippen molar-refractivity contribution in [2.24, 2.45) is 12.0 Å². The van der Waals surface area contributed by atoms with E-state index in [4.69, 9.17) is 14.1 Å². The van der Waals surface area contributed by atoms with E-state index in [1.807, 2.05) is 12.1 Å². The zero-order chi connectivity index (χ0) is 17.5. The highest BCUT2D eigenvalue weighted by atomic mass is 16.5. The van der Waals surface area contributed by atoms with Crippen molar-refractivity contribution in [1.29, 1.82) is 0 Å². The zero-order valence-electron chi connectivity index (χ0n) is 15.1. The Morgan fingerprint density at radius 3 is 3.00 bits per heavy atom. The van der Waals surface area contributed by atoms with Gasteiger partial charge in [0.1, 0.15) is 5.76 Å². The molecule has 0 aliphatic carbocycles. The molecule has 1 saturated heterocycles. The molecule has 25 heavy (non-hydrogen) atoms. The van der Waals surface area contributed by atoms with Gasteiger partial charge in [0.15, 0.2) is 5.96 Å². The summed E-state index contributed by atoms with van der Waals surface area (Å²) in [5.74, 6) is 1.89. The Bertz CT molecular complexity index is 657. The predicted octanol–water partition coefficient (Wildman–Crippen LogP) is 2.42. The Hall–Kier alpha value is -2.21. The van der Waals surface area contributed by atoms with Gasteiger partial charge in [-0.2, -0.15) is 0 Å². The predicted molar refractivity (Wildman–Crippen MR) is 98.6 cm³/mol. The maximum Gasteiger partial charge on any atom is 0.194 e. The lowest BCUT2D eigenvalue weighted by atomic mass is 10.2. The molecule has 3 heterocycles. The van der Waals surface area contributed by atoms with Crippen molar-refractivity contribution >= 4 is 5.96 Å². The largest absolute Gasteiger partial charge is 0.469 e. The number of aromatic nitrogens is 1. The van der Waals surface area contributed by atoms with Crippen molar-refractivity contribution in [1.82, 2.24) is 14.8 Å². The van der Waals surface area contributed by atoms with Crippen molar-refractivity contribution in [2.75, 3.05) is 26.7 Å². The van der Waals surface area contributed by atoms with Gasteiger partial charge in [0.05, 0.1) is 25.5 Å². The van der Waals surface area contributed by atoms with Crippen molar-refractivity contribution in [3.05, 3.63) is 48.2 Å². The van der Waals surface area contributed by atoms with Gasteiger partial charge in [0, 0.05) is 45.6 Å². The van der Waals surface area contributed by atoms with Crippen molar-refractivity contribution in [2.45, 2.75) is 31.9 Å². The first-order valence-electron chi connectivity index (χ1n) is 8.96. The summed E-state index contributed by atoms with van der Waals surface area (Å²) in [7, 11) is 4.14. The Morgan fingerprint density at radius 2 is 2.32 bits per heavy atom. The van der Waals surface area contributed by atoms with Gasteiger partial charge in [-0.15, -0.1) is 0 Å². The van der Waals surface area contributed by atoms with Crippen LogP contribution in [0.4, 0.5) is 0 Å². The van der Waals surface area contributed by atoms with E-state index in [1.165, 1.54) is 5.69 Å². The fourth-order valence-corrected chi connectivity index (χ4v) is 3.02. The molecule has 1 aliphatic heterocycles.